The quantitative estimate of drug-likeness (QED) is 0.574. The van der Waals surface area contributed by atoms with Crippen LogP contribution in [-0.2, 0) is 4.79 Å². The van der Waals surface area contributed by atoms with Crippen molar-refractivity contribution in [3.8, 4) is 5.75 Å². The van der Waals surface area contributed by atoms with Crippen LogP contribution in [0, 0.1) is 0 Å². The molecule has 0 aliphatic carbocycles. The second-order valence-electron chi connectivity index (χ2n) is 5.40. The number of primary amides is 1. The first-order valence-corrected chi connectivity index (χ1v) is 7.90. The van der Waals surface area contributed by atoms with Crippen molar-refractivity contribution in [2.45, 2.75) is 40.0 Å². The van der Waals surface area contributed by atoms with E-state index in [0.717, 1.165) is 17.0 Å². The number of nitrogens with zero attached hydrogens (tertiary/aromatic N) is 1. The monoisotopic (exact) mass is 314 g/mol. The molecule has 23 heavy (non-hydrogen) atoms. The minimum atomic E-state index is -0.386. The summed E-state index contributed by atoms with van der Waals surface area (Å²) < 4.78 is 5.54. The van der Waals surface area contributed by atoms with Gasteiger partial charge in [0.15, 0.2) is 0 Å². The van der Waals surface area contributed by atoms with Crippen molar-refractivity contribution in [1.82, 2.24) is 0 Å². The van der Waals surface area contributed by atoms with Crippen molar-refractivity contribution in [3.05, 3.63) is 47.6 Å². The summed E-state index contributed by atoms with van der Waals surface area (Å²) >= 11 is 0. The van der Waals surface area contributed by atoms with Gasteiger partial charge < -0.3 is 10.5 Å². The van der Waals surface area contributed by atoms with E-state index in [-0.39, 0.29) is 5.91 Å². The summed E-state index contributed by atoms with van der Waals surface area (Å²) in [6.45, 7) is 8.68. The van der Waals surface area contributed by atoms with E-state index < -0.39 is 0 Å². The molecular formula is C19H26N2O2. The third-order valence-electron chi connectivity index (χ3n) is 3.37. The number of nitrogens with two attached hydrogens (primary N) is 1. The van der Waals surface area contributed by atoms with Crippen molar-refractivity contribution >= 4 is 17.8 Å². The molecule has 0 spiro atoms. The van der Waals surface area contributed by atoms with Gasteiger partial charge in [0.05, 0.1) is 12.3 Å². The number of allylic oxidation sites excluding steroid dienone is 3. The fourth-order valence-electron chi connectivity index (χ4n) is 2.11. The lowest BCUT2D eigenvalue weighted by molar-refractivity contribution is -0.114. The topological polar surface area (TPSA) is 64.7 Å². The van der Waals surface area contributed by atoms with Gasteiger partial charge in [-0.25, -0.2) is 0 Å². The van der Waals surface area contributed by atoms with Crippen LogP contribution in [0.15, 0.2) is 47.0 Å². The van der Waals surface area contributed by atoms with Gasteiger partial charge in [-0.2, -0.15) is 0 Å². The minimum absolute atomic E-state index is 0.357. The molecule has 0 unspecified atom stereocenters. The number of hydrogen-bond donors (Lipinski definition) is 1. The van der Waals surface area contributed by atoms with Gasteiger partial charge in [0.2, 0.25) is 5.91 Å². The molecule has 0 bridgehead atoms. The Kier molecular flexibility index (Phi) is 7.81. The lowest BCUT2D eigenvalue weighted by atomic mass is 10.0. The van der Waals surface area contributed by atoms with Crippen LogP contribution in [0.4, 0.5) is 5.69 Å². The standard InChI is InChI=1S/C19H26N2O2/c1-5-15(19(20)22)9-7-8-12-21-18-11-10-16(23-6-2)13-17(18)14(3)4/h5,7-8,10-14H,6,9H2,1-4H3,(H2,20,22)/b8-7-,15-5?,21-12?. The van der Waals surface area contributed by atoms with Gasteiger partial charge in [-0.15, -0.1) is 0 Å². The summed E-state index contributed by atoms with van der Waals surface area (Å²) in [5.74, 6) is 0.837. The number of carbonyl (C=O) groups is 1. The average molecular weight is 314 g/mol. The zero-order valence-corrected chi connectivity index (χ0v) is 14.4. The Labute approximate surface area is 138 Å². The number of rotatable bonds is 8. The van der Waals surface area contributed by atoms with Gasteiger partial charge >= 0.3 is 0 Å². The van der Waals surface area contributed by atoms with Crippen LogP contribution in [0.3, 0.4) is 0 Å². The highest BCUT2D eigenvalue weighted by Crippen LogP contribution is 2.30. The number of hydrogen-bond acceptors (Lipinski definition) is 3. The third kappa shape index (κ3) is 6.10. The van der Waals surface area contributed by atoms with Gasteiger partial charge in [-0.05, 0) is 56.0 Å². The van der Waals surface area contributed by atoms with Crippen LogP contribution < -0.4 is 10.5 Å². The highest BCUT2D eigenvalue weighted by Gasteiger charge is 2.07. The Hall–Kier alpha value is -2.36. The highest BCUT2D eigenvalue weighted by molar-refractivity contribution is 5.92. The fourth-order valence-corrected chi connectivity index (χ4v) is 2.11. The molecule has 0 saturated carbocycles. The molecular weight excluding hydrogens is 288 g/mol. The Morgan fingerprint density at radius 3 is 2.70 bits per heavy atom. The summed E-state index contributed by atoms with van der Waals surface area (Å²) in [6, 6.07) is 5.93. The minimum Gasteiger partial charge on any atom is -0.494 e. The second-order valence-corrected chi connectivity index (χ2v) is 5.40. The summed E-state index contributed by atoms with van der Waals surface area (Å²) in [4.78, 5) is 15.6. The van der Waals surface area contributed by atoms with Crippen LogP contribution in [0.1, 0.15) is 45.6 Å². The van der Waals surface area contributed by atoms with Gasteiger partial charge in [0, 0.05) is 11.8 Å². The van der Waals surface area contributed by atoms with E-state index >= 15 is 0 Å². The molecule has 124 valence electrons. The van der Waals surface area contributed by atoms with E-state index in [1.807, 2.05) is 37.3 Å². The lowest BCUT2D eigenvalue weighted by Crippen LogP contribution is -2.13. The molecule has 1 amide bonds. The zero-order chi connectivity index (χ0) is 17.2. The molecule has 0 atom stereocenters. The van der Waals surface area contributed by atoms with E-state index in [2.05, 4.69) is 18.8 Å². The number of amides is 1. The van der Waals surface area contributed by atoms with Gasteiger partial charge in [-0.3, -0.25) is 9.79 Å². The molecule has 4 heteroatoms. The Bertz CT molecular complexity index is 614. The molecule has 0 radical (unpaired) electrons. The zero-order valence-electron chi connectivity index (χ0n) is 14.4. The molecule has 2 N–H and O–H groups in total. The number of aliphatic imine (C=N–C) groups is 1. The predicted molar refractivity (Wildman–Crippen MR) is 96.6 cm³/mol. The molecule has 1 rings (SSSR count). The van der Waals surface area contributed by atoms with E-state index in [9.17, 15) is 4.79 Å². The molecule has 4 nitrogen and oxygen atoms in total. The summed E-state index contributed by atoms with van der Waals surface area (Å²) in [6.07, 6.45) is 7.67. The maximum Gasteiger partial charge on any atom is 0.244 e. The van der Waals surface area contributed by atoms with Crippen LogP contribution in [-0.4, -0.2) is 18.7 Å². The van der Waals surface area contributed by atoms with Crippen LogP contribution >= 0.6 is 0 Å². The van der Waals surface area contributed by atoms with Crippen LogP contribution in [0.5, 0.6) is 5.75 Å². The number of benzene rings is 1. The highest BCUT2D eigenvalue weighted by atomic mass is 16.5. The first-order valence-electron chi connectivity index (χ1n) is 7.90. The van der Waals surface area contributed by atoms with Gasteiger partial charge in [0.1, 0.15) is 5.75 Å². The second kappa shape index (κ2) is 9.62. The first-order chi connectivity index (χ1) is 11.0. The van der Waals surface area contributed by atoms with E-state index in [1.165, 1.54) is 0 Å². The maximum absolute atomic E-state index is 11.1. The molecule has 0 saturated heterocycles. The van der Waals surface area contributed by atoms with E-state index in [1.54, 1.807) is 19.2 Å². The summed E-state index contributed by atoms with van der Waals surface area (Å²) in [5, 5.41) is 0. The van der Waals surface area contributed by atoms with Gasteiger partial charge in [-0.1, -0.05) is 26.0 Å². The van der Waals surface area contributed by atoms with E-state index in [0.29, 0.717) is 24.5 Å². The maximum atomic E-state index is 11.1. The molecule has 0 heterocycles. The Morgan fingerprint density at radius 2 is 2.13 bits per heavy atom. The van der Waals surface area contributed by atoms with Crippen LogP contribution in [0.2, 0.25) is 0 Å². The van der Waals surface area contributed by atoms with Gasteiger partial charge in [0.25, 0.3) is 0 Å². The van der Waals surface area contributed by atoms with Crippen molar-refractivity contribution in [2.75, 3.05) is 6.61 Å². The lowest BCUT2D eigenvalue weighted by Gasteiger charge is -2.11. The van der Waals surface area contributed by atoms with Crippen molar-refractivity contribution in [1.29, 1.82) is 0 Å². The van der Waals surface area contributed by atoms with Crippen molar-refractivity contribution in [2.24, 2.45) is 10.7 Å². The predicted octanol–water partition coefficient (Wildman–Crippen LogP) is 4.29. The normalized spacial score (nSPS) is 12.5. The smallest absolute Gasteiger partial charge is 0.244 e. The van der Waals surface area contributed by atoms with Crippen molar-refractivity contribution in [3.63, 3.8) is 0 Å². The summed E-state index contributed by atoms with van der Waals surface area (Å²) in [7, 11) is 0. The van der Waals surface area contributed by atoms with Crippen molar-refractivity contribution < 1.29 is 9.53 Å². The number of ether oxygens (including phenoxy) is 1. The molecule has 1 aromatic carbocycles. The molecule has 1 aromatic rings. The molecule has 0 aromatic heterocycles. The number of carbonyl (C=O) groups excluding carboxylic acids is 1. The molecule has 0 aliphatic heterocycles. The molecule has 0 fully saturated rings. The fraction of sp³-hybridized carbons (Fsp3) is 0.368. The van der Waals surface area contributed by atoms with E-state index in [4.69, 9.17) is 10.5 Å². The first kappa shape index (κ1) is 18.7. The largest absolute Gasteiger partial charge is 0.494 e. The molecule has 0 aliphatic rings. The average Bonchev–Trinajstić information content (AvgIpc) is 2.51. The summed E-state index contributed by atoms with van der Waals surface area (Å²) in [5.41, 5.74) is 7.92. The Balaban J connectivity index is 2.81. The Morgan fingerprint density at radius 1 is 1.39 bits per heavy atom. The van der Waals surface area contributed by atoms with Crippen LogP contribution in [0.25, 0.3) is 0 Å². The third-order valence-corrected chi connectivity index (χ3v) is 3.37. The SMILES string of the molecule is CC=C(C/C=C\C=Nc1ccc(OCC)cc1C(C)C)C(N)=O.